The molecule has 3 aromatic rings. The predicted molar refractivity (Wildman–Crippen MR) is 114 cm³/mol. The summed E-state index contributed by atoms with van der Waals surface area (Å²) in [6, 6.07) is 12.1. The molecule has 0 bridgehead atoms. The standard InChI is InChI=1S/C23H26N4O2/c1-16-12-19(17(2)27(16)10-11-29-3)13-20(14-24)23(28)25-9-8-18-15-26-22-7-5-4-6-21(18)22/h4-7,12-13,15,26H,8-11H2,1-3H3,(H,25,28)/b20-13-. The molecule has 1 aromatic carbocycles. The van der Waals surface area contributed by atoms with E-state index in [-0.39, 0.29) is 11.5 Å². The molecule has 0 aliphatic carbocycles. The summed E-state index contributed by atoms with van der Waals surface area (Å²) < 4.78 is 7.28. The molecule has 0 fully saturated rings. The fraction of sp³-hybridized carbons (Fsp3) is 0.304. The lowest BCUT2D eigenvalue weighted by atomic mass is 10.1. The number of methoxy groups -OCH3 is 1. The van der Waals surface area contributed by atoms with Crippen LogP contribution in [0, 0.1) is 25.2 Å². The van der Waals surface area contributed by atoms with Gasteiger partial charge >= 0.3 is 0 Å². The quantitative estimate of drug-likeness (QED) is 0.456. The first-order valence-electron chi connectivity index (χ1n) is 9.65. The Morgan fingerprint density at radius 3 is 2.90 bits per heavy atom. The van der Waals surface area contributed by atoms with Crippen molar-refractivity contribution in [1.29, 1.82) is 5.26 Å². The Balaban J connectivity index is 1.67. The van der Waals surface area contributed by atoms with Crippen molar-refractivity contribution in [2.45, 2.75) is 26.8 Å². The molecule has 0 aliphatic heterocycles. The van der Waals surface area contributed by atoms with Crippen molar-refractivity contribution < 1.29 is 9.53 Å². The molecule has 6 heteroatoms. The highest BCUT2D eigenvalue weighted by Gasteiger charge is 2.13. The minimum atomic E-state index is -0.353. The lowest BCUT2D eigenvalue weighted by Crippen LogP contribution is -2.26. The molecular formula is C23H26N4O2. The van der Waals surface area contributed by atoms with Crippen molar-refractivity contribution in [2.24, 2.45) is 0 Å². The maximum Gasteiger partial charge on any atom is 0.261 e. The zero-order chi connectivity index (χ0) is 20.8. The SMILES string of the molecule is COCCn1c(C)cc(/C=C(/C#N)C(=O)NCCc2c[nH]c3ccccc23)c1C. The number of aromatic nitrogens is 2. The molecule has 2 N–H and O–H groups in total. The van der Waals surface area contributed by atoms with Gasteiger partial charge in [0.05, 0.1) is 6.61 Å². The van der Waals surface area contributed by atoms with E-state index in [1.165, 1.54) is 0 Å². The van der Waals surface area contributed by atoms with Crippen LogP contribution in [-0.2, 0) is 22.5 Å². The second-order valence-electron chi connectivity index (χ2n) is 7.01. The Bertz CT molecular complexity index is 1080. The molecule has 0 atom stereocenters. The van der Waals surface area contributed by atoms with Gasteiger partial charge in [-0.25, -0.2) is 0 Å². The molecule has 29 heavy (non-hydrogen) atoms. The number of nitriles is 1. The van der Waals surface area contributed by atoms with E-state index in [2.05, 4.69) is 20.9 Å². The smallest absolute Gasteiger partial charge is 0.261 e. The summed E-state index contributed by atoms with van der Waals surface area (Å²) >= 11 is 0. The Labute approximate surface area is 170 Å². The summed E-state index contributed by atoms with van der Waals surface area (Å²) in [5.74, 6) is -0.353. The maximum absolute atomic E-state index is 12.5. The third-order valence-corrected chi connectivity index (χ3v) is 5.15. The first-order valence-corrected chi connectivity index (χ1v) is 9.65. The van der Waals surface area contributed by atoms with Gasteiger partial charge in [0.1, 0.15) is 11.6 Å². The number of ether oxygens (including phenoxy) is 1. The Morgan fingerprint density at radius 2 is 2.14 bits per heavy atom. The van der Waals surface area contributed by atoms with E-state index in [1.54, 1.807) is 13.2 Å². The van der Waals surface area contributed by atoms with E-state index in [0.29, 0.717) is 19.6 Å². The summed E-state index contributed by atoms with van der Waals surface area (Å²) in [7, 11) is 1.67. The number of amides is 1. The first kappa shape index (κ1) is 20.4. The molecule has 150 valence electrons. The summed E-state index contributed by atoms with van der Waals surface area (Å²) in [4.78, 5) is 15.7. The average Bonchev–Trinajstić information content (AvgIpc) is 3.25. The zero-order valence-corrected chi connectivity index (χ0v) is 17.1. The van der Waals surface area contributed by atoms with Gasteiger partial charge in [-0.1, -0.05) is 18.2 Å². The largest absolute Gasteiger partial charge is 0.383 e. The van der Waals surface area contributed by atoms with E-state index in [0.717, 1.165) is 40.0 Å². The highest BCUT2D eigenvalue weighted by Crippen LogP contribution is 2.19. The molecule has 0 aliphatic rings. The number of rotatable bonds is 8. The van der Waals surface area contributed by atoms with Gasteiger partial charge in [-0.05, 0) is 49.6 Å². The normalized spacial score (nSPS) is 11.6. The van der Waals surface area contributed by atoms with E-state index in [9.17, 15) is 10.1 Å². The number of nitrogens with zero attached hydrogens (tertiary/aromatic N) is 2. The zero-order valence-electron chi connectivity index (χ0n) is 17.1. The number of nitrogens with one attached hydrogen (secondary N) is 2. The molecule has 0 saturated heterocycles. The first-order chi connectivity index (χ1) is 14.0. The van der Waals surface area contributed by atoms with Crippen molar-refractivity contribution in [3.05, 3.63) is 64.6 Å². The van der Waals surface area contributed by atoms with Crippen molar-refractivity contribution in [3.63, 3.8) is 0 Å². The summed E-state index contributed by atoms with van der Waals surface area (Å²) in [6.07, 6.45) is 4.32. The number of H-pyrrole nitrogens is 1. The number of aromatic amines is 1. The lowest BCUT2D eigenvalue weighted by molar-refractivity contribution is -0.117. The third-order valence-electron chi connectivity index (χ3n) is 5.15. The monoisotopic (exact) mass is 390 g/mol. The van der Waals surface area contributed by atoms with Gasteiger partial charge < -0.3 is 19.6 Å². The van der Waals surface area contributed by atoms with Crippen LogP contribution in [0.25, 0.3) is 17.0 Å². The molecular weight excluding hydrogens is 364 g/mol. The van der Waals surface area contributed by atoms with Crippen LogP contribution in [0.4, 0.5) is 0 Å². The van der Waals surface area contributed by atoms with Crippen LogP contribution in [0.2, 0.25) is 0 Å². The predicted octanol–water partition coefficient (Wildman–Crippen LogP) is 3.50. The fourth-order valence-electron chi connectivity index (χ4n) is 3.55. The summed E-state index contributed by atoms with van der Waals surface area (Å²) in [5, 5.41) is 13.5. The van der Waals surface area contributed by atoms with Crippen LogP contribution in [0.15, 0.2) is 42.1 Å². The van der Waals surface area contributed by atoms with Gasteiger partial charge in [-0.2, -0.15) is 5.26 Å². The fourth-order valence-corrected chi connectivity index (χ4v) is 3.55. The number of para-hydroxylation sites is 1. The van der Waals surface area contributed by atoms with Crippen molar-refractivity contribution in [3.8, 4) is 6.07 Å². The van der Waals surface area contributed by atoms with Crippen LogP contribution < -0.4 is 5.32 Å². The molecule has 2 heterocycles. The topological polar surface area (TPSA) is 82.8 Å². The Hall–Kier alpha value is -3.30. The molecule has 2 aromatic heterocycles. The van der Waals surface area contributed by atoms with Gasteiger partial charge in [0.25, 0.3) is 5.91 Å². The second kappa shape index (κ2) is 9.26. The lowest BCUT2D eigenvalue weighted by Gasteiger charge is -2.08. The Morgan fingerprint density at radius 1 is 1.34 bits per heavy atom. The minimum absolute atomic E-state index is 0.107. The van der Waals surface area contributed by atoms with Crippen molar-refractivity contribution in [2.75, 3.05) is 20.3 Å². The van der Waals surface area contributed by atoms with E-state index in [4.69, 9.17) is 4.74 Å². The number of carbonyl (C=O) groups is 1. The second-order valence-corrected chi connectivity index (χ2v) is 7.01. The van der Waals surface area contributed by atoms with E-state index < -0.39 is 0 Å². The van der Waals surface area contributed by atoms with E-state index >= 15 is 0 Å². The molecule has 0 radical (unpaired) electrons. The number of hydrogen-bond donors (Lipinski definition) is 2. The van der Waals surface area contributed by atoms with Crippen molar-refractivity contribution in [1.82, 2.24) is 14.9 Å². The van der Waals surface area contributed by atoms with Crippen LogP contribution >= 0.6 is 0 Å². The number of hydrogen-bond acceptors (Lipinski definition) is 3. The highest BCUT2D eigenvalue weighted by molar-refractivity contribution is 6.01. The molecule has 0 unspecified atom stereocenters. The van der Waals surface area contributed by atoms with E-state index in [1.807, 2.05) is 50.4 Å². The Kier molecular flexibility index (Phi) is 6.53. The van der Waals surface area contributed by atoms with Crippen LogP contribution in [-0.4, -0.2) is 35.7 Å². The van der Waals surface area contributed by atoms with Crippen molar-refractivity contribution >= 4 is 22.9 Å². The van der Waals surface area contributed by atoms with Crippen LogP contribution in [0.5, 0.6) is 0 Å². The molecule has 0 spiro atoms. The number of carbonyl (C=O) groups excluding carboxylic acids is 1. The molecule has 6 nitrogen and oxygen atoms in total. The number of benzene rings is 1. The molecule has 0 saturated carbocycles. The van der Waals surface area contributed by atoms with Gasteiger partial charge in [0.2, 0.25) is 0 Å². The number of aryl methyl sites for hydroxylation is 1. The van der Waals surface area contributed by atoms with Gasteiger partial charge in [-0.15, -0.1) is 0 Å². The average molecular weight is 390 g/mol. The minimum Gasteiger partial charge on any atom is -0.383 e. The van der Waals surface area contributed by atoms with Gasteiger partial charge in [0, 0.05) is 48.7 Å². The summed E-state index contributed by atoms with van der Waals surface area (Å²) in [5.41, 5.74) is 5.29. The molecule has 3 rings (SSSR count). The van der Waals surface area contributed by atoms with Gasteiger partial charge in [0.15, 0.2) is 0 Å². The highest BCUT2D eigenvalue weighted by atomic mass is 16.5. The third kappa shape index (κ3) is 4.58. The van der Waals surface area contributed by atoms with Gasteiger partial charge in [-0.3, -0.25) is 4.79 Å². The number of fused-ring (bicyclic) bond motifs is 1. The molecule has 1 amide bonds. The summed E-state index contributed by atoms with van der Waals surface area (Å²) in [6.45, 7) is 5.80. The van der Waals surface area contributed by atoms with Crippen LogP contribution in [0.1, 0.15) is 22.5 Å². The maximum atomic E-state index is 12.5. The van der Waals surface area contributed by atoms with Crippen LogP contribution in [0.3, 0.4) is 0 Å².